The van der Waals surface area contributed by atoms with E-state index in [1.807, 2.05) is 54.6 Å². The van der Waals surface area contributed by atoms with Crippen molar-refractivity contribution in [3.63, 3.8) is 0 Å². The van der Waals surface area contributed by atoms with Gasteiger partial charge in [0.15, 0.2) is 6.20 Å². The number of nitrogens with zero attached hydrogens (tertiary/aromatic N) is 2. The minimum atomic E-state index is 0.634. The van der Waals surface area contributed by atoms with Crippen LogP contribution in [0.3, 0.4) is 0 Å². The third kappa shape index (κ3) is 2.35. The second-order valence-electron chi connectivity index (χ2n) is 5.83. The average Bonchev–Trinajstić information content (AvgIpc) is 2.81. The molecule has 1 aliphatic rings. The average molecular weight is 310 g/mol. The van der Waals surface area contributed by atoms with Gasteiger partial charge in [0.05, 0.1) is 11.6 Å². The highest BCUT2D eigenvalue weighted by atomic mass is 16.5. The van der Waals surface area contributed by atoms with Gasteiger partial charge in [-0.3, -0.25) is 0 Å². The van der Waals surface area contributed by atoms with Crippen LogP contribution in [0.4, 0.5) is 0 Å². The summed E-state index contributed by atoms with van der Waals surface area (Å²) < 4.78 is 0.923. The van der Waals surface area contributed by atoms with Crippen molar-refractivity contribution in [1.82, 2.24) is 0 Å². The number of rotatable bonds is 1. The summed E-state index contributed by atoms with van der Waals surface area (Å²) in [4.78, 5) is 0. The van der Waals surface area contributed by atoms with Gasteiger partial charge in [0.1, 0.15) is 0 Å². The van der Waals surface area contributed by atoms with Crippen LogP contribution in [0.25, 0.3) is 23.3 Å². The van der Waals surface area contributed by atoms with E-state index in [1.165, 1.54) is 0 Å². The largest absolute Gasteiger partial charge is 0.618 e. The van der Waals surface area contributed by atoms with Crippen LogP contribution in [0.15, 0.2) is 60.8 Å². The number of fused-ring (bicyclic) bond motifs is 2. The Labute approximate surface area is 140 Å². The van der Waals surface area contributed by atoms with Crippen molar-refractivity contribution in [2.24, 2.45) is 0 Å². The molecule has 3 heteroatoms. The molecular weight excluding hydrogens is 296 g/mol. The third-order valence-electron chi connectivity index (χ3n) is 4.37. The van der Waals surface area contributed by atoms with E-state index in [0.717, 1.165) is 32.5 Å². The van der Waals surface area contributed by atoms with Gasteiger partial charge in [-0.15, -0.1) is 0 Å². The van der Waals surface area contributed by atoms with Gasteiger partial charge < -0.3 is 5.21 Å². The van der Waals surface area contributed by atoms with Crippen molar-refractivity contribution in [3.8, 4) is 17.2 Å². The molecule has 0 fully saturated rings. The Bertz CT molecular complexity index is 998. The van der Waals surface area contributed by atoms with E-state index in [9.17, 15) is 10.5 Å². The van der Waals surface area contributed by atoms with E-state index in [1.54, 1.807) is 12.3 Å². The van der Waals surface area contributed by atoms with Crippen molar-refractivity contribution >= 4 is 12.2 Å². The lowest BCUT2D eigenvalue weighted by atomic mass is 9.96. The van der Waals surface area contributed by atoms with Crippen LogP contribution in [-0.2, 0) is 6.42 Å². The zero-order chi connectivity index (χ0) is 16.5. The maximum atomic E-state index is 12.5. The van der Waals surface area contributed by atoms with Gasteiger partial charge in [-0.2, -0.15) is 9.99 Å². The summed E-state index contributed by atoms with van der Waals surface area (Å²) in [6.45, 7) is 0. The SMILES string of the molecule is N#Cc1cccc2c1C=Cc1c(cc(-c3ccccc3)c[n+]1[O-])C2. The van der Waals surface area contributed by atoms with E-state index in [-0.39, 0.29) is 0 Å². The first-order valence-corrected chi connectivity index (χ1v) is 7.78. The monoisotopic (exact) mass is 310 g/mol. The van der Waals surface area contributed by atoms with Crippen molar-refractivity contribution in [3.05, 3.63) is 93.9 Å². The molecule has 2 aromatic carbocycles. The maximum absolute atomic E-state index is 12.5. The first kappa shape index (κ1) is 14.2. The lowest BCUT2D eigenvalue weighted by Gasteiger charge is -2.10. The van der Waals surface area contributed by atoms with Gasteiger partial charge in [0.2, 0.25) is 5.69 Å². The Balaban J connectivity index is 1.88. The van der Waals surface area contributed by atoms with Crippen LogP contribution in [0.5, 0.6) is 0 Å². The second-order valence-corrected chi connectivity index (χ2v) is 5.83. The van der Waals surface area contributed by atoms with Crippen LogP contribution in [0, 0.1) is 16.5 Å². The maximum Gasteiger partial charge on any atom is 0.220 e. The minimum absolute atomic E-state index is 0.634. The van der Waals surface area contributed by atoms with Crippen molar-refractivity contribution < 1.29 is 4.73 Å². The Kier molecular flexibility index (Phi) is 3.36. The second kappa shape index (κ2) is 5.68. The first-order chi connectivity index (χ1) is 11.8. The lowest BCUT2D eigenvalue weighted by Crippen LogP contribution is -2.31. The summed E-state index contributed by atoms with van der Waals surface area (Å²) in [7, 11) is 0. The highest BCUT2D eigenvalue weighted by Gasteiger charge is 2.19. The van der Waals surface area contributed by atoms with Crippen LogP contribution in [0.2, 0.25) is 0 Å². The Morgan fingerprint density at radius 2 is 1.75 bits per heavy atom. The molecule has 0 aliphatic heterocycles. The van der Waals surface area contributed by atoms with E-state index in [2.05, 4.69) is 12.1 Å². The Hall–Kier alpha value is -3.38. The molecule has 4 rings (SSSR count). The Morgan fingerprint density at radius 3 is 2.54 bits per heavy atom. The molecular formula is C21H14N2O. The topological polar surface area (TPSA) is 50.7 Å². The number of hydrogen-bond donors (Lipinski definition) is 0. The van der Waals surface area contributed by atoms with E-state index in [0.29, 0.717) is 17.7 Å². The highest BCUT2D eigenvalue weighted by molar-refractivity contribution is 5.77. The van der Waals surface area contributed by atoms with Gasteiger partial charge in [0.25, 0.3) is 0 Å². The molecule has 0 atom stereocenters. The summed E-state index contributed by atoms with van der Waals surface area (Å²) in [5, 5.41) is 21.8. The first-order valence-electron chi connectivity index (χ1n) is 7.78. The molecule has 1 heterocycles. The lowest BCUT2D eigenvalue weighted by molar-refractivity contribution is -0.607. The molecule has 1 aliphatic carbocycles. The molecule has 0 saturated carbocycles. The molecule has 0 spiro atoms. The fourth-order valence-electron chi connectivity index (χ4n) is 3.18. The summed E-state index contributed by atoms with van der Waals surface area (Å²) in [5.41, 5.74) is 6.12. The number of pyridine rings is 1. The molecule has 0 radical (unpaired) electrons. The third-order valence-corrected chi connectivity index (χ3v) is 4.37. The van der Waals surface area contributed by atoms with Crippen LogP contribution in [0.1, 0.15) is 27.9 Å². The van der Waals surface area contributed by atoms with E-state index in [4.69, 9.17) is 0 Å². The van der Waals surface area contributed by atoms with Crippen molar-refractivity contribution in [2.75, 3.05) is 0 Å². The van der Waals surface area contributed by atoms with Crippen molar-refractivity contribution in [2.45, 2.75) is 6.42 Å². The summed E-state index contributed by atoms with van der Waals surface area (Å²) >= 11 is 0. The molecule has 3 aromatic rings. The van der Waals surface area contributed by atoms with Gasteiger partial charge in [-0.05, 0) is 34.9 Å². The molecule has 0 amide bonds. The summed E-state index contributed by atoms with van der Waals surface area (Å²) in [6.07, 6.45) is 5.93. The summed E-state index contributed by atoms with van der Waals surface area (Å²) in [6, 6.07) is 19.9. The molecule has 0 saturated heterocycles. The van der Waals surface area contributed by atoms with Crippen LogP contribution < -0.4 is 4.73 Å². The molecule has 114 valence electrons. The number of nitriles is 1. The van der Waals surface area contributed by atoms with E-state index >= 15 is 0 Å². The van der Waals surface area contributed by atoms with Crippen molar-refractivity contribution in [1.29, 1.82) is 5.26 Å². The zero-order valence-electron chi connectivity index (χ0n) is 12.9. The number of hydrogen-bond acceptors (Lipinski definition) is 2. The van der Waals surface area contributed by atoms with Gasteiger partial charge in [0, 0.05) is 23.6 Å². The number of aromatic nitrogens is 1. The predicted octanol–water partition coefficient (Wildman–Crippen LogP) is 3.93. The smallest absolute Gasteiger partial charge is 0.220 e. The fourth-order valence-corrected chi connectivity index (χ4v) is 3.18. The number of benzene rings is 2. The van der Waals surface area contributed by atoms with Crippen LogP contribution >= 0.6 is 0 Å². The quantitative estimate of drug-likeness (QED) is 0.395. The van der Waals surface area contributed by atoms with Gasteiger partial charge in [-0.25, -0.2) is 0 Å². The predicted molar refractivity (Wildman–Crippen MR) is 93.7 cm³/mol. The normalized spacial score (nSPS) is 12.0. The molecule has 0 N–H and O–H groups in total. The molecule has 24 heavy (non-hydrogen) atoms. The standard InChI is InChI=1S/C21H14N2O/c22-13-17-8-4-7-16-11-18-12-19(15-5-2-1-3-6-15)14-23(24)21(18)10-9-20(16)17/h1-10,12,14H,11H2. The zero-order valence-corrected chi connectivity index (χ0v) is 12.9. The summed E-state index contributed by atoms with van der Waals surface area (Å²) in [5.74, 6) is 0. The van der Waals surface area contributed by atoms with E-state index < -0.39 is 0 Å². The fraction of sp³-hybridized carbons (Fsp3) is 0.0476. The van der Waals surface area contributed by atoms with Gasteiger partial charge in [-0.1, -0.05) is 42.5 Å². The van der Waals surface area contributed by atoms with Gasteiger partial charge >= 0.3 is 0 Å². The molecule has 0 unspecified atom stereocenters. The molecule has 1 aromatic heterocycles. The molecule has 0 bridgehead atoms. The molecule has 3 nitrogen and oxygen atoms in total. The minimum Gasteiger partial charge on any atom is -0.618 e. The Morgan fingerprint density at radius 1 is 0.917 bits per heavy atom. The highest BCUT2D eigenvalue weighted by Crippen LogP contribution is 2.28. The van der Waals surface area contributed by atoms with Crippen LogP contribution in [-0.4, -0.2) is 0 Å².